The maximum atomic E-state index is 13.4. The van der Waals surface area contributed by atoms with Crippen molar-refractivity contribution in [1.82, 2.24) is 4.90 Å². The van der Waals surface area contributed by atoms with Crippen molar-refractivity contribution in [3.8, 4) is 0 Å². The highest BCUT2D eigenvalue weighted by Crippen LogP contribution is 2.28. The Kier molecular flexibility index (Phi) is 7.19. The molecule has 174 valence electrons. The fourth-order valence-electron chi connectivity index (χ4n) is 3.74. The van der Waals surface area contributed by atoms with E-state index in [1.165, 1.54) is 41.3 Å². The highest BCUT2D eigenvalue weighted by Gasteiger charge is 2.43. The van der Waals surface area contributed by atoms with Crippen molar-refractivity contribution in [3.05, 3.63) is 95.0 Å². The largest absolute Gasteiger partial charge is 0.336 e. The van der Waals surface area contributed by atoms with Crippen LogP contribution in [0.3, 0.4) is 0 Å². The standard InChI is InChI=1S/C25H20ClF2N3O2S/c26-17-3-9-20(10-4-17)29-23(32)15-22-24(33)31(21-11-7-19(28)8-12-21)25(34)30(22)14-13-16-1-5-18(27)6-2-16/h1-12,22H,13-15H2,(H,29,32). The number of amides is 2. The smallest absolute Gasteiger partial charge is 0.256 e. The minimum absolute atomic E-state index is 0.136. The van der Waals surface area contributed by atoms with E-state index in [4.69, 9.17) is 23.8 Å². The topological polar surface area (TPSA) is 52.7 Å². The molecule has 5 nitrogen and oxygen atoms in total. The molecule has 4 rings (SSSR count). The van der Waals surface area contributed by atoms with Crippen LogP contribution in [0.5, 0.6) is 0 Å². The molecule has 0 aromatic heterocycles. The normalized spacial score (nSPS) is 15.7. The van der Waals surface area contributed by atoms with Crippen molar-refractivity contribution in [2.75, 3.05) is 16.8 Å². The molecular weight excluding hydrogens is 480 g/mol. The zero-order valence-electron chi connectivity index (χ0n) is 17.9. The third kappa shape index (κ3) is 5.40. The molecule has 0 aliphatic carbocycles. The Morgan fingerprint density at radius 3 is 2.15 bits per heavy atom. The predicted molar refractivity (Wildman–Crippen MR) is 132 cm³/mol. The second-order valence-electron chi connectivity index (χ2n) is 7.78. The molecule has 1 atom stereocenters. The van der Waals surface area contributed by atoms with Crippen LogP contribution >= 0.6 is 23.8 Å². The van der Waals surface area contributed by atoms with Crippen molar-refractivity contribution in [3.63, 3.8) is 0 Å². The third-order valence-electron chi connectivity index (χ3n) is 5.46. The number of nitrogens with zero attached hydrogens (tertiary/aromatic N) is 2. The van der Waals surface area contributed by atoms with Gasteiger partial charge in [-0.15, -0.1) is 0 Å². The van der Waals surface area contributed by atoms with E-state index < -0.39 is 11.9 Å². The van der Waals surface area contributed by atoms with Crippen LogP contribution in [0.4, 0.5) is 20.2 Å². The van der Waals surface area contributed by atoms with Gasteiger partial charge in [0.25, 0.3) is 5.91 Å². The summed E-state index contributed by atoms with van der Waals surface area (Å²) in [5.41, 5.74) is 1.83. The Morgan fingerprint density at radius 2 is 1.53 bits per heavy atom. The third-order valence-corrected chi connectivity index (χ3v) is 6.13. The molecule has 34 heavy (non-hydrogen) atoms. The van der Waals surface area contributed by atoms with Gasteiger partial charge in [-0.2, -0.15) is 0 Å². The van der Waals surface area contributed by atoms with E-state index in [-0.39, 0.29) is 29.2 Å². The van der Waals surface area contributed by atoms with Crippen molar-refractivity contribution < 1.29 is 18.4 Å². The van der Waals surface area contributed by atoms with E-state index in [1.807, 2.05) is 0 Å². The van der Waals surface area contributed by atoms with Crippen LogP contribution in [-0.4, -0.2) is 34.4 Å². The lowest BCUT2D eigenvalue weighted by molar-refractivity contribution is -0.124. The lowest BCUT2D eigenvalue weighted by Crippen LogP contribution is -2.39. The number of carbonyl (C=O) groups is 2. The molecule has 3 aromatic carbocycles. The summed E-state index contributed by atoms with van der Waals surface area (Å²) in [6.07, 6.45) is 0.350. The first-order valence-electron chi connectivity index (χ1n) is 10.5. The molecule has 1 saturated heterocycles. The van der Waals surface area contributed by atoms with Gasteiger partial charge in [0.15, 0.2) is 5.11 Å². The summed E-state index contributed by atoms with van der Waals surface area (Å²) >= 11 is 11.5. The number of hydrogen-bond acceptors (Lipinski definition) is 3. The minimum Gasteiger partial charge on any atom is -0.336 e. The average molecular weight is 500 g/mol. The number of benzene rings is 3. The van der Waals surface area contributed by atoms with Crippen LogP contribution in [0.2, 0.25) is 5.02 Å². The zero-order valence-corrected chi connectivity index (χ0v) is 19.5. The fraction of sp³-hybridized carbons (Fsp3) is 0.160. The van der Waals surface area contributed by atoms with Gasteiger partial charge in [-0.3, -0.25) is 14.5 Å². The molecule has 1 heterocycles. The van der Waals surface area contributed by atoms with Crippen LogP contribution in [-0.2, 0) is 16.0 Å². The maximum Gasteiger partial charge on any atom is 0.256 e. The van der Waals surface area contributed by atoms with Gasteiger partial charge in [-0.05, 0) is 84.9 Å². The Balaban J connectivity index is 1.55. The molecule has 2 amide bonds. The molecule has 1 fully saturated rings. The van der Waals surface area contributed by atoms with E-state index in [1.54, 1.807) is 41.3 Å². The molecule has 1 unspecified atom stereocenters. The number of halogens is 3. The van der Waals surface area contributed by atoms with Crippen LogP contribution in [0.15, 0.2) is 72.8 Å². The number of carbonyl (C=O) groups excluding carboxylic acids is 2. The van der Waals surface area contributed by atoms with Gasteiger partial charge in [-0.25, -0.2) is 8.78 Å². The number of thiocarbonyl (C=S) groups is 1. The Morgan fingerprint density at radius 1 is 0.941 bits per heavy atom. The molecule has 9 heteroatoms. The van der Waals surface area contributed by atoms with Gasteiger partial charge in [0.2, 0.25) is 5.91 Å². The van der Waals surface area contributed by atoms with Crippen LogP contribution in [0.25, 0.3) is 0 Å². The van der Waals surface area contributed by atoms with Crippen molar-refractivity contribution in [1.29, 1.82) is 0 Å². The van der Waals surface area contributed by atoms with Crippen LogP contribution in [0, 0.1) is 11.6 Å². The van der Waals surface area contributed by atoms with Gasteiger partial charge in [-0.1, -0.05) is 23.7 Å². The SMILES string of the molecule is O=C(CC1C(=O)N(c2ccc(F)cc2)C(=S)N1CCc1ccc(F)cc1)Nc1ccc(Cl)cc1. The summed E-state index contributed by atoms with van der Waals surface area (Å²) in [6, 6.07) is 17.3. The highest BCUT2D eigenvalue weighted by molar-refractivity contribution is 7.80. The zero-order chi connectivity index (χ0) is 24.2. The fourth-order valence-corrected chi connectivity index (χ4v) is 4.28. The lowest BCUT2D eigenvalue weighted by Gasteiger charge is -2.24. The minimum atomic E-state index is -0.842. The Hall–Kier alpha value is -3.36. The molecular formula is C25H20ClF2N3O2S. The number of rotatable bonds is 7. The van der Waals surface area contributed by atoms with Gasteiger partial charge >= 0.3 is 0 Å². The lowest BCUT2D eigenvalue weighted by atomic mass is 10.1. The summed E-state index contributed by atoms with van der Waals surface area (Å²) in [4.78, 5) is 29.1. The molecule has 1 aliphatic heterocycles. The summed E-state index contributed by atoms with van der Waals surface area (Å²) in [5, 5.41) is 3.53. The quantitative estimate of drug-likeness (QED) is 0.454. The molecule has 0 bridgehead atoms. The van der Waals surface area contributed by atoms with Crippen LogP contribution in [0.1, 0.15) is 12.0 Å². The van der Waals surface area contributed by atoms with E-state index >= 15 is 0 Å². The number of nitrogens with one attached hydrogen (secondary N) is 1. The van der Waals surface area contributed by atoms with Gasteiger partial charge in [0.05, 0.1) is 12.1 Å². The maximum absolute atomic E-state index is 13.4. The van der Waals surface area contributed by atoms with Crippen LogP contribution < -0.4 is 10.2 Å². The first-order valence-corrected chi connectivity index (χ1v) is 11.3. The molecule has 3 aromatic rings. The summed E-state index contributed by atoms with van der Waals surface area (Å²) in [5.74, 6) is -1.51. The number of hydrogen-bond donors (Lipinski definition) is 1. The van der Waals surface area contributed by atoms with E-state index in [2.05, 4.69) is 5.32 Å². The Labute approximate surface area is 205 Å². The van der Waals surface area contributed by atoms with Gasteiger partial charge in [0.1, 0.15) is 17.7 Å². The summed E-state index contributed by atoms with van der Waals surface area (Å²) in [7, 11) is 0. The molecule has 0 radical (unpaired) electrons. The van der Waals surface area contributed by atoms with E-state index in [0.29, 0.717) is 29.4 Å². The van der Waals surface area contributed by atoms with Gasteiger partial charge < -0.3 is 10.2 Å². The van der Waals surface area contributed by atoms with E-state index in [0.717, 1.165) is 5.56 Å². The first kappa shape index (κ1) is 23.8. The second-order valence-corrected chi connectivity index (χ2v) is 8.58. The second kappa shape index (κ2) is 10.3. The monoisotopic (exact) mass is 499 g/mol. The molecule has 1 aliphatic rings. The summed E-state index contributed by atoms with van der Waals surface area (Å²) < 4.78 is 26.7. The predicted octanol–water partition coefficient (Wildman–Crippen LogP) is 5.19. The van der Waals surface area contributed by atoms with Crippen molar-refractivity contribution in [2.24, 2.45) is 0 Å². The highest BCUT2D eigenvalue weighted by atomic mass is 35.5. The summed E-state index contributed by atoms with van der Waals surface area (Å²) in [6.45, 7) is 0.340. The molecule has 0 spiro atoms. The van der Waals surface area contributed by atoms with Gasteiger partial charge in [0, 0.05) is 17.3 Å². The number of anilines is 2. The first-order chi connectivity index (χ1) is 16.3. The van der Waals surface area contributed by atoms with Crippen molar-refractivity contribution in [2.45, 2.75) is 18.9 Å². The Bertz CT molecular complexity index is 1200. The van der Waals surface area contributed by atoms with Crippen molar-refractivity contribution >= 4 is 52.1 Å². The van der Waals surface area contributed by atoms with E-state index in [9.17, 15) is 18.4 Å². The molecule has 1 N–H and O–H groups in total. The average Bonchev–Trinajstić information content (AvgIpc) is 3.04. The molecule has 0 saturated carbocycles.